The van der Waals surface area contributed by atoms with E-state index in [4.69, 9.17) is 0 Å². The van der Waals surface area contributed by atoms with Crippen LogP contribution < -0.4 is 10.2 Å². The minimum Gasteiger partial charge on any atom is -0.358 e. The number of anilines is 2. The molecule has 3 aromatic heterocycles. The zero-order valence-corrected chi connectivity index (χ0v) is 14.5. The van der Waals surface area contributed by atoms with Gasteiger partial charge in [-0.1, -0.05) is 0 Å². The number of rotatable bonds is 3. The summed E-state index contributed by atoms with van der Waals surface area (Å²) in [5.41, 5.74) is 1.72. The van der Waals surface area contributed by atoms with E-state index in [2.05, 4.69) is 25.5 Å². The molecule has 1 atom stereocenters. The van der Waals surface area contributed by atoms with Crippen molar-refractivity contribution in [1.82, 2.24) is 29.4 Å². The quantitative estimate of drug-likeness (QED) is 0.767. The highest BCUT2D eigenvalue weighted by atomic mass is 16.2. The summed E-state index contributed by atoms with van der Waals surface area (Å²) in [7, 11) is 1.86. The average Bonchev–Trinajstić information content (AvgIpc) is 3.15. The normalized spacial score (nSPS) is 18.1. The first-order chi connectivity index (χ1) is 12.0. The van der Waals surface area contributed by atoms with Gasteiger partial charge in [0.2, 0.25) is 0 Å². The predicted molar refractivity (Wildman–Crippen MR) is 92.5 cm³/mol. The van der Waals surface area contributed by atoms with Crippen molar-refractivity contribution >= 4 is 23.3 Å². The number of amides is 1. The topological polar surface area (TPSA) is 93.2 Å². The number of nitrogens with zero attached hydrogens (tertiary/aromatic N) is 7. The highest BCUT2D eigenvalue weighted by molar-refractivity contribution is 5.98. The Bertz CT molecular complexity index is 943. The van der Waals surface area contributed by atoms with Gasteiger partial charge in [0.25, 0.3) is 11.7 Å². The Hall–Kier alpha value is -2.97. The first kappa shape index (κ1) is 15.6. The van der Waals surface area contributed by atoms with Crippen molar-refractivity contribution in [2.45, 2.75) is 32.7 Å². The fourth-order valence-corrected chi connectivity index (χ4v) is 3.30. The third-order valence-electron chi connectivity index (χ3n) is 4.39. The van der Waals surface area contributed by atoms with Crippen molar-refractivity contribution < 1.29 is 4.79 Å². The van der Waals surface area contributed by atoms with Crippen molar-refractivity contribution in [1.29, 1.82) is 0 Å². The van der Waals surface area contributed by atoms with Gasteiger partial charge in [0.15, 0.2) is 0 Å². The first-order valence-corrected chi connectivity index (χ1v) is 8.29. The molecule has 1 saturated heterocycles. The molecular formula is C16H20N8O. The van der Waals surface area contributed by atoms with Crippen LogP contribution in [0, 0.1) is 13.8 Å². The molecule has 3 aromatic rings. The zero-order valence-electron chi connectivity index (χ0n) is 14.5. The Morgan fingerprint density at radius 3 is 2.84 bits per heavy atom. The number of nitrogens with one attached hydrogen (secondary N) is 1. The minimum atomic E-state index is -0.321. The standard InChI is InChI=1S/C16H20N8O/c1-10-7-13(24-16(19-10)17-9-18-24)20-12-5-4-6-23(15(12)25)14-8-11(2)21-22(14)3/h7-9,12,20H,4-6H2,1-3H3. The van der Waals surface area contributed by atoms with Gasteiger partial charge in [0.05, 0.1) is 5.69 Å². The number of aromatic nitrogens is 6. The van der Waals surface area contributed by atoms with Crippen molar-refractivity contribution in [3.63, 3.8) is 0 Å². The van der Waals surface area contributed by atoms with Crippen LogP contribution in [0.1, 0.15) is 24.2 Å². The fourth-order valence-electron chi connectivity index (χ4n) is 3.30. The smallest absolute Gasteiger partial charge is 0.254 e. The summed E-state index contributed by atoms with van der Waals surface area (Å²) in [4.78, 5) is 23.3. The largest absolute Gasteiger partial charge is 0.358 e. The van der Waals surface area contributed by atoms with Crippen LogP contribution in [0.2, 0.25) is 0 Å². The van der Waals surface area contributed by atoms with E-state index in [1.807, 2.05) is 33.0 Å². The van der Waals surface area contributed by atoms with Gasteiger partial charge in [-0.2, -0.15) is 19.7 Å². The summed E-state index contributed by atoms with van der Waals surface area (Å²) >= 11 is 0. The van der Waals surface area contributed by atoms with Crippen LogP contribution in [0.4, 0.5) is 11.6 Å². The maximum atomic E-state index is 13.0. The van der Waals surface area contributed by atoms with E-state index in [1.54, 1.807) is 14.1 Å². The van der Waals surface area contributed by atoms with Gasteiger partial charge < -0.3 is 5.32 Å². The molecular weight excluding hydrogens is 320 g/mol. The van der Waals surface area contributed by atoms with Crippen molar-refractivity contribution in [2.75, 3.05) is 16.8 Å². The molecule has 130 valence electrons. The van der Waals surface area contributed by atoms with Crippen LogP contribution in [0.15, 0.2) is 18.5 Å². The molecule has 1 N–H and O–H groups in total. The maximum absolute atomic E-state index is 13.0. The Balaban J connectivity index is 1.63. The molecule has 0 bridgehead atoms. The summed E-state index contributed by atoms with van der Waals surface area (Å²) in [6.07, 6.45) is 3.14. The molecule has 1 fully saturated rings. The molecule has 1 aliphatic heterocycles. The van der Waals surface area contributed by atoms with Crippen LogP contribution in [0.5, 0.6) is 0 Å². The third kappa shape index (κ3) is 2.71. The van der Waals surface area contributed by atoms with Crippen LogP contribution in [0.25, 0.3) is 5.78 Å². The second-order valence-electron chi connectivity index (χ2n) is 6.35. The van der Waals surface area contributed by atoms with Gasteiger partial charge in [-0.3, -0.25) is 14.4 Å². The lowest BCUT2D eigenvalue weighted by Crippen LogP contribution is -2.48. The Kier molecular flexibility index (Phi) is 3.63. The van der Waals surface area contributed by atoms with E-state index in [1.165, 1.54) is 6.33 Å². The number of aryl methyl sites for hydroxylation is 3. The highest BCUT2D eigenvalue weighted by Gasteiger charge is 2.31. The summed E-state index contributed by atoms with van der Waals surface area (Å²) in [5, 5.41) is 11.9. The molecule has 1 amide bonds. The van der Waals surface area contributed by atoms with E-state index >= 15 is 0 Å². The zero-order chi connectivity index (χ0) is 17.6. The predicted octanol–water partition coefficient (Wildman–Crippen LogP) is 1.08. The lowest BCUT2D eigenvalue weighted by molar-refractivity contribution is -0.120. The summed E-state index contributed by atoms with van der Waals surface area (Å²) in [6, 6.07) is 3.49. The van der Waals surface area contributed by atoms with Crippen LogP contribution in [0.3, 0.4) is 0 Å². The Morgan fingerprint density at radius 1 is 1.24 bits per heavy atom. The first-order valence-electron chi connectivity index (χ1n) is 8.29. The van der Waals surface area contributed by atoms with E-state index in [0.717, 1.165) is 35.9 Å². The Morgan fingerprint density at radius 2 is 2.08 bits per heavy atom. The average molecular weight is 340 g/mol. The molecule has 0 radical (unpaired) electrons. The van der Waals surface area contributed by atoms with E-state index in [0.29, 0.717) is 12.3 Å². The minimum absolute atomic E-state index is 0.0389. The van der Waals surface area contributed by atoms with Crippen LogP contribution in [-0.4, -0.2) is 47.9 Å². The SMILES string of the molecule is Cc1cc(NC2CCCN(c3cc(C)nn3C)C2=O)n2ncnc2n1. The number of piperidine rings is 1. The summed E-state index contributed by atoms with van der Waals surface area (Å²) in [6.45, 7) is 4.52. The van der Waals surface area contributed by atoms with E-state index in [-0.39, 0.29) is 11.9 Å². The van der Waals surface area contributed by atoms with E-state index < -0.39 is 0 Å². The summed E-state index contributed by atoms with van der Waals surface area (Å²) in [5.74, 6) is 2.11. The molecule has 0 aliphatic carbocycles. The molecule has 9 heteroatoms. The molecule has 1 aliphatic rings. The highest BCUT2D eigenvalue weighted by Crippen LogP contribution is 2.23. The molecule has 4 heterocycles. The number of carbonyl (C=O) groups excluding carboxylic acids is 1. The monoisotopic (exact) mass is 340 g/mol. The summed E-state index contributed by atoms with van der Waals surface area (Å²) < 4.78 is 3.37. The van der Waals surface area contributed by atoms with Gasteiger partial charge in [0, 0.05) is 31.4 Å². The lowest BCUT2D eigenvalue weighted by atomic mass is 10.0. The second kappa shape index (κ2) is 5.83. The number of fused-ring (bicyclic) bond motifs is 1. The van der Waals surface area contributed by atoms with Gasteiger partial charge in [0.1, 0.15) is 24.0 Å². The molecule has 9 nitrogen and oxygen atoms in total. The number of hydrogen-bond donors (Lipinski definition) is 1. The molecule has 4 rings (SSSR count). The third-order valence-corrected chi connectivity index (χ3v) is 4.39. The lowest BCUT2D eigenvalue weighted by Gasteiger charge is -2.32. The molecule has 0 saturated carbocycles. The van der Waals surface area contributed by atoms with Gasteiger partial charge in [-0.05, 0) is 26.7 Å². The molecule has 0 spiro atoms. The van der Waals surface area contributed by atoms with E-state index in [9.17, 15) is 4.79 Å². The van der Waals surface area contributed by atoms with Crippen molar-refractivity contribution in [3.8, 4) is 0 Å². The fraction of sp³-hybridized carbons (Fsp3) is 0.438. The van der Waals surface area contributed by atoms with Crippen molar-refractivity contribution in [3.05, 3.63) is 29.8 Å². The maximum Gasteiger partial charge on any atom is 0.254 e. The van der Waals surface area contributed by atoms with Crippen LogP contribution >= 0.6 is 0 Å². The number of hydrogen-bond acceptors (Lipinski definition) is 6. The van der Waals surface area contributed by atoms with Gasteiger partial charge in [-0.25, -0.2) is 4.98 Å². The molecule has 1 unspecified atom stereocenters. The Labute approximate surface area is 144 Å². The van der Waals surface area contributed by atoms with Gasteiger partial charge >= 0.3 is 0 Å². The van der Waals surface area contributed by atoms with Gasteiger partial charge in [-0.15, -0.1) is 0 Å². The molecule has 25 heavy (non-hydrogen) atoms. The number of carbonyl (C=O) groups is 1. The second-order valence-corrected chi connectivity index (χ2v) is 6.35. The van der Waals surface area contributed by atoms with Crippen LogP contribution in [-0.2, 0) is 11.8 Å². The molecule has 0 aromatic carbocycles. The van der Waals surface area contributed by atoms with Crippen molar-refractivity contribution in [2.24, 2.45) is 7.05 Å².